The smallest absolute Gasteiger partial charge is 0.306 e. The number of hydrogen-bond acceptors (Lipinski definition) is 7. The van der Waals surface area contributed by atoms with Gasteiger partial charge < -0.3 is 28.6 Å². The fraction of sp³-hybridized carbons (Fsp3) is 0.771. The van der Waals surface area contributed by atoms with Gasteiger partial charge in [0.25, 0.3) is 0 Å². The number of likely N-dealkylation sites (N-methyl/N-ethyl adjacent to an activating group) is 1. The SMILES string of the molecule is CCCCC/C=C/C/C=C/C/C=C/C/C=C/CCCC(=O)OC(COCCC(C(=O)[O-])[N+](C)(C)C)COC(=O)CCCCCCCCCCCCCCCCC. The van der Waals surface area contributed by atoms with E-state index in [1.54, 1.807) is 21.1 Å². The largest absolute Gasteiger partial charge is 0.544 e. The Hall–Kier alpha value is -2.71. The molecule has 0 aliphatic carbocycles. The number of quaternary nitrogens is 1. The second-order valence-corrected chi connectivity index (χ2v) is 16.3. The van der Waals surface area contributed by atoms with Crippen molar-refractivity contribution in [1.29, 1.82) is 0 Å². The molecule has 0 rings (SSSR count). The first-order valence-corrected chi connectivity index (χ1v) is 22.7. The Labute approximate surface area is 344 Å². The van der Waals surface area contributed by atoms with Crippen molar-refractivity contribution in [2.45, 2.75) is 199 Å². The summed E-state index contributed by atoms with van der Waals surface area (Å²) >= 11 is 0. The Morgan fingerprint density at radius 1 is 0.536 bits per heavy atom. The van der Waals surface area contributed by atoms with Gasteiger partial charge in [-0.3, -0.25) is 9.59 Å². The molecule has 0 aliphatic heterocycles. The molecule has 0 bridgehead atoms. The van der Waals surface area contributed by atoms with Crippen LogP contribution < -0.4 is 5.11 Å². The number of rotatable bonds is 40. The maximum Gasteiger partial charge on any atom is 0.306 e. The predicted octanol–water partition coefficient (Wildman–Crippen LogP) is 11.1. The average Bonchev–Trinajstić information content (AvgIpc) is 3.15. The van der Waals surface area contributed by atoms with Crippen LogP contribution in [0.3, 0.4) is 0 Å². The third-order valence-corrected chi connectivity index (χ3v) is 9.97. The van der Waals surface area contributed by atoms with E-state index in [4.69, 9.17) is 14.2 Å². The van der Waals surface area contributed by atoms with Crippen molar-refractivity contribution >= 4 is 17.9 Å². The van der Waals surface area contributed by atoms with Gasteiger partial charge in [-0.25, -0.2) is 0 Å². The Kier molecular flexibility index (Phi) is 37.2. The van der Waals surface area contributed by atoms with Gasteiger partial charge in [0.05, 0.1) is 40.3 Å². The Balaban J connectivity index is 4.42. The lowest BCUT2D eigenvalue weighted by Crippen LogP contribution is -2.55. The van der Waals surface area contributed by atoms with Crippen molar-refractivity contribution in [2.24, 2.45) is 0 Å². The van der Waals surface area contributed by atoms with E-state index in [0.717, 1.165) is 44.9 Å². The van der Waals surface area contributed by atoms with Crippen LogP contribution in [-0.2, 0) is 28.6 Å². The zero-order valence-electron chi connectivity index (χ0n) is 36.8. The minimum absolute atomic E-state index is 0.0199. The number of nitrogens with zero attached hydrogens (tertiary/aromatic N) is 1. The molecule has 0 fully saturated rings. The van der Waals surface area contributed by atoms with Gasteiger partial charge in [-0.1, -0.05) is 165 Å². The van der Waals surface area contributed by atoms with Crippen molar-refractivity contribution in [3.63, 3.8) is 0 Å². The number of carbonyl (C=O) groups is 3. The van der Waals surface area contributed by atoms with Gasteiger partial charge in [-0.05, 0) is 51.4 Å². The minimum atomic E-state index is -1.13. The van der Waals surface area contributed by atoms with E-state index in [2.05, 4.69) is 62.5 Å². The van der Waals surface area contributed by atoms with E-state index in [1.807, 2.05) is 0 Å². The number of ether oxygens (including phenoxy) is 3. The summed E-state index contributed by atoms with van der Waals surface area (Å²) in [5, 5.41) is 11.6. The van der Waals surface area contributed by atoms with Crippen LogP contribution in [0.4, 0.5) is 0 Å². The molecule has 0 heterocycles. The summed E-state index contributed by atoms with van der Waals surface area (Å²) < 4.78 is 17.1. The number of carboxylic acid groups (broad SMARTS) is 1. The second kappa shape index (κ2) is 39.1. The van der Waals surface area contributed by atoms with Crippen LogP contribution in [-0.4, -0.2) is 75.5 Å². The normalized spacial score (nSPS) is 13.4. The molecule has 8 heteroatoms. The molecule has 56 heavy (non-hydrogen) atoms. The molecule has 0 aromatic heterocycles. The Bertz CT molecular complexity index is 1060. The molecule has 0 aromatic carbocycles. The molecule has 0 radical (unpaired) electrons. The predicted molar refractivity (Wildman–Crippen MR) is 231 cm³/mol. The highest BCUT2D eigenvalue weighted by Crippen LogP contribution is 2.15. The number of hydrogen-bond donors (Lipinski definition) is 0. The van der Waals surface area contributed by atoms with E-state index in [0.29, 0.717) is 12.8 Å². The Morgan fingerprint density at radius 3 is 1.45 bits per heavy atom. The molecule has 2 unspecified atom stereocenters. The lowest BCUT2D eigenvalue weighted by atomic mass is 10.0. The zero-order chi connectivity index (χ0) is 41.4. The summed E-state index contributed by atoms with van der Waals surface area (Å²) in [5.74, 6) is -1.80. The van der Waals surface area contributed by atoms with Crippen LogP contribution in [0.15, 0.2) is 48.6 Å². The highest BCUT2D eigenvalue weighted by molar-refractivity contribution is 5.70. The summed E-state index contributed by atoms with van der Waals surface area (Å²) in [6.07, 6.45) is 45.7. The summed E-state index contributed by atoms with van der Waals surface area (Å²) in [6, 6.07) is -0.735. The molecule has 2 atom stereocenters. The molecule has 0 aliphatic rings. The molecule has 0 saturated carbocycles. The van der Waals surface area contributed by atoms with Gasteiger partial charge in [0.2, 0.25) is 0 Å². The van der Waals surface area contributed by atoms with Gasteiger partial charge in [-0.2, -0.15) is 0 Å². The Morgan fingerprint density at radius 2 is 0.964 bits per heavy atom. The lowest BCUT2D eigenvalue weighted by molar-refractivity contribution is -0.889. The summed E-state index contributed by atoms with van der Waals surface area (Å²) in [6.45, 7) is 4.58. The maximum atomic E-state index is 12.7. The fourth-order valence-electron chi connectivity index (χ4n) is 6.42. The molecular formula is C48H85NO7. The zero-order valence-corrected chi connectivity index (χ0v) is 36.8. The molecule has 0 saturated heterocycles. The third-order valence-electron chi connectivity index (χ3n) is 9.97. The number of allylic oxidation sites excluding steroid dienone is 8. The number of carboxylic acids is 1. The summed E-state index contributed by atoms with van der Waals surface area (Å²) in [5.41, 5.74) is 0. The van der Waals surface area contributed by atoms with Crippen molar-refractivity contribution in [2.75, 3.05) is 41.0 Å². The molecule has 0 aromatic rings. The quantitative estimate of drug-likeness (QED) is 0.0264. The number of unbranched alkanes of at least 4 members (excludes halogenated alkanes) is 18. The van der Waals surface area contributed by atoms with Gasteiger partial charge >= 0.3 is 11.9 Å². The minimum Gasteiger partial charge on any atom is -0.544 e. The average molecular weight is 788 g/mol. The highest BCUT2D eigenvalue weighted by Gasteiger charge is 2.25. The van der Waals surface area contributed by atoms with E-state index < -0.39 is 18.1 Å². The van der Waals surface area contributed by atoms with Crippen LogP contribution in [0.25, 0.3) is 0 Å². The van der Waals surface area contributed by atoms with Gasteiger partial charge in [0.1, 0.15) is 12.6 Å². The first-order chi connectivity index (χ1) is 27.1. The van der Waals surface area contributed by atoms with E-state index in [9.17, 15) is 19.5 Å². The monoisotopic (exact) mass is 788 g/mol. The van der Waals surface area contributed by atoms with Gasteiger partial charge in [-0.15, -0.1) is 0 Å². The van der Waals surface area contributed by atoms with Crippen LogP contribution in [0.1, 0.15) is 187 Å². The van der Waals surface area contributed by atoms with Crippen molar-refractivity contribution in [3.8, 4) is 0 Å². The van der Waals surface area contributed by atoms with Crippen LogP contribution in [0.2, 0.25) is 0 Å². The van der Waals surface area contributed by atoms with E-state index >= 15 is 0 Å². The number of carbonyl (C=O) groups excluding carboxylic acids is 3. The summed E-state index contributed by atoms with van der Waals surface area (Å²) in [4.78, 5) is 36.8. The van der Waals surface area contributed by atoms with Crippen LogP contribution in [0, 0.1) is 0 Å². The number of aliphatic carboxylic acids is 1. The van der Waals surface area contributed by atoms with Gasteiger partial charge in [0.15, 0.2) is 6.10 Å². The van der Waals surface area contributed by atoms with Crippen molar-refractivity contribution < 1.29 is 38.2 Å². The third kappa shape index (κ3) is 36.9. The number of esters is 2. The first-order valence-electron chi connectivity index (χ1n) is 22.7. The van der Waals surface area contributed by atoms with Crippen LogP contribution in [0.5, 0.6) is 0 Å². The summed E-state index contributed by atoms with van der Waals surface area (Å²) in [7, 11) is 5.39. The molecule has 324 valence electrons. The lowest BCUT2D eigenvalue weighted by Gasteiger charge is -2.34. The van der Waals surface area contributed by atoms with Gasteiger partial charge in [0, 0.05) is 19.3 Å². The molecule has 0 N–H and O–H groups in total. The molecule has 0 spiro atoms. The second-order valence-electron chi connectivity index (χ2n) is 16.3. The van der Waals surface area contributed by atoms with Crippen LogP contribution >= 0.6 is 0 Å². The first kappa shape index (κ1) is 53.3. The standard InChI is InChI=1S/C48H85NO7/c1-6-8-10-12-14-16-18-20-22-23-25-27-29-31-33-35-37-39-47(51)56-44(42-54-41-40-45(48(52)53)49(3,4)5)43-55-46(50)38-36-34-32-30-28-26-24-21-19-17-15-13-11-9-7-2/h14,16,20,22,25,27,31,33,44-45H,6-13,15,17-19,21,23-24,26,28-30,32,34-43H2,1-5H3/b16-14+,22-20+,27-25+,33-31+. The molecule has 0 amide bonds. The molecular weight excluding hydrogens is 703 g/mol. The highest BCUT2D eigenvalue weighted by atomic mass is 16.6. The topological polar surface area (TPSA) is 102 Å². The van der Waals surface area contributed by atoms with E-state index in [1.165, 1.54) is 103 Å². The van der Waals surface area contributed by atoms with Crippen molar-refractivity contribution in [1.82, 2.24) is 0 Å². The maximum absolute atomic E-state index is 12.7. The van der Waals surface area contributed by atoms with E-state index in [-0.39, 0.29) is 49.1 Å². The fourth-order valence-corrected chi connectivity index (χ4v) is 6.42. The molecule has 8 nitrogen and oxygen atoms in total. The van der Waals surface area contributed by atoms with Crippen molar-refractivity contribution in [3.05, 3.63) is 48.6 Å².